The summed E-state index contributed by atoms with van der Waals surface area (Å²) >= 11 is 5.89. The van der Waals surface area contributed by atoms with Gasteiger partial charge in [0.05, 0.1) is 12.2 Å². The van der Waals surface area contributed by atoms with E-state index in [1.54, 1.807) is 0 Å². The normalized spacial score (nSPS) is 10.4. The summed E-state index contributed by atoms with van der Waals surface area (Å²) in [5.74, 6) is 0.738. The van der Waals surface area contributed by atoms with Crippen LogP contribution in [-0.2, 0) is 6.61 Å². The van der Waals surface area contributed by atoms with Crippen LogP contribution in [0.25, 0.3) is 0 Å². The van der Waals surface area contributed by atoms with E-state index in [0.29, 0.717) is 10.7 Å². The second kappa shape index (κ2) is 5.88. The zero-order valence-electron chi connectivity index (χ0n) is 9.07. The van der Waals surface area contributed by atoms with Crippen molar-refractivity contribution in [2.45, 2.75) is 26.9 Å². The Morgan fingerprint density at radius 3 is 2.67 bits per heavy atom. The lowest BCUT2D eigenvalue weighted by Crippen LogP contribution is -2.26. The molecule has 1 aromatic rings. The van der Waals surface area contributed by atoms with Gasteiger partial charge in [0.2, 0.25) is 0 Å². The Labute approximate surface area is 94.9 Å². The van der Waals surface area contributed by atoms with E-state index in [4.69, 9.17) is 11.6 Å². The summed E-state index contributed by atoms with van der Waals surface area (Å²) in [5.41, 5.74) is 0.606. The molecule has 0 amide bonds. The SMILES string of the molecule is CCCN(CC)c1ncnc(Cl)c1CO. The molecule has 0 saturated heterocycles. The number of halogens is 1. The van der Waals surface area contributed by atoms with Crippen LogP contribution in [0, 0.1) is 0 Å². The molecule has 0 bridgehead atoms. The predicted octanol–water partition coefficient (Wildman–Crippen LogP) is 1.86. The maximum Gasteiger partial charge on any atom is 0.140 e. The summed E-state index contributed by atoms with van der Waals surface area (Å²) < 4.78 is 0. The summed E-state index contributed by atoms with van der Waals surface area (Å²) in [5, 5.41) is 9.55. The summed E-state index contributed by atoms with van der Waals surface area (Å²) in [7, 11) is 0. The third-order valence-corrected chi connectivity index (χ3v) is 2.53. The Hall–Kier alpha value is -0.870. The molecular formula is C10H16ClN3O. The van der Waals surface area contributed by atoms with E-state index in [1.807, 2.05) is 6.92 Å². The monoisotopic (exact) mass is 229 g/mol. The fraction of sp³-hybridized carbons (Fsp3) is 0.600. The highest BCUT2D eigenvalue weighted by Crippen LogP contribution is 2.23. The molecule has 1 aromatic heterocycles. The van der Waals surface area contributed by atoms with Crippen LogP contribution < -0.4 is 4.90 Å². The summed E-state index contributed by atoms with van der Waals surface area (Å²) in [6, 6.07) is 0. The zero-order chi connectivity index (χ0) is 11.3. The smallest absolute Gasteiger partial charge is 0.140 e. The number of aromatic nitrogens is 2. The standard InChI is InChI=1S/C10H16ClN3O/c1-3-5-14(4-2)10-8(6-15)9(11)12-7-13-10/h7,15H,3-6H2,1-2H3. The Balaban J connectivity index is 3.04. The minimum absolute atomic E-state index is 0.130. The second-order valence-electron chi connectivity index (χ2n) is 3.20. The first kappa shape index (κ1) is 12.2. The van der Waals surface area contributed by atoms with E-state index < -0.39 is 0 Å². The first-order valence-electron chi connectivity index (χ1n) is 5.09. The lowest BCUT2D eigenvalue weighted by atomic mass is 10.3. The van der Waals surface area contributed by atoms with Crippen molar-refractivity contribution >= 4 is 17.4 Å². The molecule has 0 saturated carbocycles. The van der Waals surface area contributed by atoms with Gasteiger partial charge in [0.25, 0.3) is 0 Å². The highest BCUT2D eigenvalue weighted by Gasteiger charge is 2.13. The van der Waals surface area contributed by atoms with Crippen LogP contribution in [0.2, 0.25) is 5.15 Å². The van der Waals surface area contributed by atoms with Crippen molar-refractivity contribution < 1.29 is 5.11 Å². The second-order valence-corrected chi connectivity index (χ2v) is 3.56. The van der Waals surface area contributed by atoms with E-state index >= 15 is 0 Å². The number of hydrogen-bond donors (Lipinski definition) is 1. The number of anilines is 1. The number of rotatable bonds is 5. The Bertz CT molecular complexity index is 320. The molecule has 0 aliphatic rings. The van der Waals surface area contributed by atoms with E-state index in [1.165, 1.54) is 6.33 Å². The van der Waals surface area contributed by atoms with Gasteiger partial charge in [0.15, 0.2) is 0 Å². The highest BCUT2D eigenvalue weighted by atomic mass is 35.5. The van der Waals surface area contributed by atoms with Gasteiger partial charge in [-0.25, -0.2) is 9.97 Å². The van der Waals surface area contributed by atoms with Gasteiger partial charge < -0.3 is 10.0 Å². The largest absolute Gasteiger partial charge is 0.391 e. The molecule has 4 nitrogen and oxygen atoms in total. The number of hydrogen-bond acceptors (Lipinski definition) is 4. The van der Waals surface area contributed by atoms with Gasteiger partial charge >= 0.3 is 0 Å². The minimum atomic E-state index is -0.130. The molecule has 1 rings (SSSR count). The Kier molecular flexibility index (Phi) is 4.78. The molecule has 0 radical (unpaired) electrons. The Morgan fingerprint density at radius 2 is 2.13 bits per heavy atom. The molecule has 5 heteroatoms. The van der Waals surface area contributed by atoms with Crippen LogP contribution in [0.3, 0.4) is 0 Å². The summed E-state index contributed by atoms with van der Waals surface area (Å²) in [6.45, 7) is 5.76. The summed E-state index contributed by atoms with van der Waals surface area (Å²) in [6.07, 6.45) is 2.45. The molecule has 0 atom stereocenters. The topological polar surface area (TPSA) is 49.2 Å². The molecule has 15 heavy (non-hydrogen) atoms. The molecular weight excluding hydrogens is 214 g/mol. The first-order valence-corrected chi connectivity index (χ1v) is 5.47. The number of aliphatic hydroxyl groups excluding tert-OH is 1. The van der Waals surface area contributed by atoms with E-state index in [0.717, 1.165) is 25.3 Å². The number of aliphatic hydroxyl groups is 1. The maximum absolute atomic E-state index is 9.22. The molecule has 84 valence electrons. The molecule has 0 aliphatic heterocycles. The van der Waals surface area contributed by atoms with Crippen molar-refractivity contribution in [3.63, 3.8) is 0 Å². The first-order chi connectivity index (χ1) is 7.24. The molecule has 0 aliphatic carbocycles. The van der Waals surface area contributed by atoms with E-state index in [-0.39, 0.29) is 6.61 Å². The molecule has 0 unspecified atom stereocenters. The average Bonchev–Trinajstić information content (AvgIpc) is 2.25. The van der Waals surface area contributed by atoms with Crippen molar-refractivity contribution in [2.75, 3.05) is 18.0 Å². The Morgan fingerprint density at radius 1 is 1.40 bits per heavy atom. The predicted molar refractivity (Wildman–Crippen MR) is 61.1 cm³/mol. The van der Waals surface area contributed by atoms with E-state index in [9.17, 15) is 5.11 Å². The van der Waals surface area contributed by atoms with Crippen molar-refractivity contribution in [3.05, 3.63) is 17.0 Å². The fourth-order valence-electron chi connectivity index (χ4n) is 1.47. The molecule has 0 spiro atoms. The van der Waals surface area contributed by atoms with Crippen molar-refractivity contribution in [3.8, 4) is 0 Å². The fourth-order valence-corrected chi connectivity index (χ4v) is 1.66. The highest BCUT2D eigenvalue weighted by molar-refractivity contribution is 6.30. The minimum Gasteiger partial charge on any atom is -0.391 e. The van der Waals surface area contributed by atoms with Crippen molar-refractivity contribution in [1.29, 1.82) is 0 Å². The zero-order valence-corrected chi connectivity index (χ0v) is 9.83. The number of nitrogens with zero attached hydrogens (tertiary/aromatic N) is 3. The van der Waals surface area contributed by atoms with E-state index in [2.05, 4.69) is 21.8 Å². The van der Waals surface area contributed by atoms with Crippen LogP contribution in [-0.4, -0.2) is 28.2 Å². The summed E-state index contributed by atoms with van der Waals surface area (Å²) in [4.78, 5) is 10.1. The lowest BCUT2D eigenvalue weighted by Gasteiger charge is -2.23. The molecule has 1 N–H and O–H groups in total. The van der Waals surface area contributed by atoms with Gasteiger partial charge in [0.1, 0.15) is 17.3 Å². The van der Waals surface area contributed by atoms with Crippen LogP contribution >= 0.6 is 11.6 Å². The maximum atomic E-state index is 9.22. The quantitative estimate of drug-likeness (QED) is 0.783. The van der Waals surface area contributed by atoms with Gasteiger partial charge in [-0.15, -0.1) is 0 Å². The molecule has 1 heterocycles. The van der Waals surface area contributed by atoms with Gasteiger partial charge in [-0.2, -0.15) is 0 Å². The average molecular weight is 230 g/mol. The van der Waals surface area contributed by atoms with Crippen LogP contribution in [0.4, 0.5) is 5.82 Å². The van der Waals surface area contributed by atoms with Crippen LogP contribution in [0.1, 0.15) is 25.8 Å². The van der Waals surface area contributed by atoms with Crippen LogP contribution in [0.15, 0.2) is 6.33 Å². The van der Waals surface area contributed by atoms with Gasteiger partial charge in [-0.3, -0.25) is 0 Å². The molecule has 0 aromatic carbocycles. The van der Waals surface area contributed by atoms with Gasteiger partial charge in [0, 0.05) is 13.1 Å². The third kappa shape index (κ3) is 2.79. The molecule has 0 fully saturated rings. The van der Waals surface area contributed by atoms with Crippen molar-refractivity contribution in [1.82, 2.24) is 9.97 Å². The van der Waals surface area contributed by atoms with Crippen LogP contribution in [0.5, 0.6) is 0 Å². The van der Waals surface area contributed by atoms with Gasteiger partial charge in [-0.1, -0.05) is 18.5 Å². The lowest BCUT2D eigenvalue weighted by molar-refractivity contribution is 0.281. The van der Waals surface area contributed by atoms with Gasteiger partial charge in [-0.05, 0) is 13.3 Å². The third-order valence-electron chi connectivity index (χ3n) is 2.20. The van der Waals surface area contributed by atoms with Crippen molar-refractivity contribution in [2.24, 2.45) is 0 Å².